The van der Waals surface area contributed by atoms with Crippen molar-refractivity contribution in [3.63, 3.8) is 0 Å². The van der Waals surface area contributed by atoms with Crippen LogP contribution < -0.4 is 11.1 Å². The minimum Gasteiger partial charge on any atom is -0.385 e. The van der Waals surface area contributed by atoms with Crippen LogP contribution in [0.3, 0.4) is 0 Å². The third-order valence-electron chi connectivity index (χ3n) is 3.86. The summed E-state index contributed by atoms with van der Waals surface area (Å²) in [5, 5.41) is 13.0. The highest BCUT2D eigenvalue weighted by Gasteiger charge is 2.39. The maximum atomic E-state index is 12.0. The van der Waals surface area contributed by atoms with E-state index >= 15 is 0 Å². The predicted molar refractivity (Wildman–Crippen MR) is 76.1 cm³/mol. The van der Waals surface area contributed by atoms with Gasteiger partial charge in [0.1, 0.15) is 5.60 Å². The first-order valence-corrected chi connectivity index (χ1v) is 6.92. The van der Waals surface area contributed by atoms with Crippen LogP contribution in [-0.2, 0) is 16.0 Å². The number of hydrogen-bond acceptors (Lipinski definition) is 4. The Kier molecular flexibility index (Phi) is 4.75. The van der Waals surface area contributed by atoms with E-state index in [0.717, 1.165) is 5.56 Å². The lowest BCUT2D eigenvalue weighted by molar-refractivity contribution is -0.124. The molecule has 1 aliphatic rings. The summed E-state index contributed by atoms with van der Waals surface area (Å²) in [6.07, 6.45) is 0.743. The number of hydrogen-bond donors (Lipinski definition) is 3. The fourth-order valence-corrected chi connectivity index (χ4v) is 2.33. The summed E-state index contributed by atoms with van der Waals surface area (Å²) in [5.74, 6) is -0.249. The van der Waals surface area contributed by atoms with Gasteiger partial charge in [-0.1, -0.05) is 30.3 Å². The van der Waals surface area contributed by atoms with Gasteiger partial charge in [0.05, 0.1) is 12.1 Å². The third kappa shape index (κ3) is 3.56. The van der Waals surface area contributed by atoms with E-state index in [0.29, 0.717) is 19.4 Å². The minimum atomic E-state index is -0.984. The van der Waals surface area contributed by atoms with E-state index in [-0.39, 0.29) is 18.6 Å². The van der Waals surface area contributed by atoms with Gasteiger partial charge < -0.3 is 20.9 Å². The maximum Gasteiger partial charge on any atom is 0.237 e. The van der Waals surface area contributed by atoms with Crippen LogP contribution in [0.5, 0.6) is 0 Å². The molecular weight excluding hydrogens is 256 g/mol. The van der Waals surface area contributed by atoms with Crippen LogP contribution in [0.4, 0.5) is 0 Å². The first-order valence-electron chi connectivity index (χ1n) is 6.92. The molecule has 0 spiro atoms. The Bertz CT molecular complexity index is 452. The average Bonchev–Trinajstić information content (AvgIpc) is 2.77. The lowest BCUT2D eigenvalue weighted by Gasteiger charge is -2.26. The van der Waals surface area contributed by atoms with Crippen LogP contribution in [-0.4, -0.2) is 41.9 Å². The number of ether oxygens (including phenoxy) is 1. The Morgan fingerprint density at radius 1 is 1.55 bits per heavy atom. The minimum absolute atomic E-state index is 0.176. The molecule has 1 aliphatic heterocycles. The number of rotatable bonds is 5. The SMILES string of the molecule is CC1OCCC1(O)CNC(=O)[C@@H](N)Cc1ccccc1. The van der Waals surface area contributed by atoms with Crippen molar-refractivity contribution in [1.82, 2.24) is 5.32 Å². The number of carbonyl (C=O) groups excluding carboxylic acids is 1. The summed E-state index contributed by atoms with van der Waals surface area (Å²) in [7, 11) is 0. The van der Waals surface area contributed by atoms with Gasteiger partial charge in [0.25, 0.3) is 0 Å². The molecule has 1 aromatic carbocycles. The summed E-state index contributed by atoms with van der Waals surface area (Å²) in [6.45, 7) is 2.50. The molecule has 1 aromatic rings. The van der Waals surface area contributed by atoms with Crippen molar-refractivity contribution in [1.29, 1.82) is 0 Å². The molecule has 0 radical (unpaired) electrons. The largest absolute Gasteiger partial charge is 0.385 e. The zero-order chi connectivity index (χ0) is 14.6. The number of nitrogens with two attached hydrogens (primary N) is 1. The van der Waals surface area contributed by atoms with Crippen LogP contribution in [0.1, 0.15) is 18.9 Å². The molecule has 110 valence electrons. The Morgan fingerprint density at radius 2 is 2.25 bits per heavy atom. The third-order valence-corrected chi connectivity index (χ3v) is 3.86. The molecule has 4 N–H and O–H groups in total. The van der Waals surface area contributed by atoms with E-state index in [1.54, 1.807) is 0 Å². The summed E-state index contributed by atoms with van der Waals surface area (Å²) >= 11 is 0. The molecule has 1 fully saturated rings. The lowest BCUT2D eigenvalue weighted by Crippen LogP contribution is -2.51. The molecule has 2 unspecified atom stereocenters. The van der Waals surface area contributed by atoms with Gasteiger partial charge >= 0.3 is 0 Å². The van der Waals surface area contributed by atoms with E-state index in [2.05, 4.69) is 5.32 Å². The topological polar surface area (TPSA) is 84.6 Å². The van der Waals surface area contributed by atoms with Crippen molar-refractivity contribution < 1.29 is 14.6 Å². The van der Waals surface area contributed by atoms with Crippen LogP contribution in [0.25, 0.3) is 0 Å². The number of aliphatic hydroxyl groups is 1. The van der Waals surface area contributed by atoms with Crippen molar-refractivity contribution in [2.45, 2.75) is 37.5 Å². The molecule has 0 aliphatic carbocycles. The second-order valence-corrected chi connectivity index (χ2v) is 5.38. The van der Waals surface area contributed by atoms with Gasteiger partial charge in [0, 0.05) is 19.6 Å². The Hall–Kier alpha value is -1.43. The Morgan fingerprint density at radius 3 is 2.85 bits per heavy atom. The zero-order valence-corrected chi connectivity index (χ0v) is 11.7. The van der Waals surface area contributed by atoms with E-state index in [9.17, 15) is 9.90 Å². The maximum absolute atomic E-state index is 12.0. The second kappa shape index (κ2) is 6.35. The van der Waals surface area contributed by atoms with Gasteiger partial charge in [-0.05, 0) is 18.9 Å². The van der Waals surface area contributed by atoms with E-state index < -0.39 is 11.6 Å². The van der Waals surface area contributed by atoms with Gasteiger partial charge in [-0.2, -0.15) is 0 Å². The van der Waals surface area contributed by atoms with E-state index in [1.807, 2.05) is 37.3 Å². The van der Waals surface area contributed by atoms with Crippen molar-refractivity contribution in [3.8, 4) is 0 Å². The van der Waals surface area contributed by atoms with Gasteiger partial charge in [0.15, 0.2) is 0 Å². The van der Waals surface area contributed by atoms with Gasteiger partial charge in [-0.15, -0.1) is 0 Å². The molecular formula is C15H22N2O3. The smallest absolute Gasteiger partial charge is 0.237 e. The highest BCUT2D eigenvalue weighted by molar-refractivity contribution is 5.81. The number of benzene rings is 1. The molecule has 5 heteroatoms. The summed E-state index contributed by atoms with van der Waals surface area (Å²) < 4.78 is 5.32. The molecule has 0 aromatic heterocycles. The van der Waals surface area contributed by atoms with Crippen LogP contribution in [0, 0.1) is 0 Å². The standard InChI is InChI=1S/C15H22N2O3/c1-11-15(19,7-8-20-11)10-17-14(18)13(16)9-12-5-3-2-4-6-12/h2-6,11,13,19H,7-10,16H2,1H3,(H,17,18)/t11?,13-,15?/m0/s1. The molecule has 5 nitrogen and oxygen atoms in total. The molecule has 1 amide bonds. The number of carbonyl (C=O) groups is 1. The summed E-state index contributed by atoms with van der Waals surface area (Å²) in [5.41, 5.74) is 5.92. The fraction of sp³-hybridized carbons (Fsp3) is 0.533. The van der Waals surface area contributed by atoms with E-state index in [1.165, 1.54) is 0 Å². The van der Waals surface area contributed by atoms with Crippen molar-refractivity contribution >= 4 is 5.91 Å². The van der Waals surface area contributed by atoms with Crippen molar-refractivity contribution in [2.24, 2.45) is 5.73 Å². The molecule has 0 bridgehead atoms. The molecule has 2 rings (SSSR count). The Labute approximate surface area is 119 Å². The van der Waals surface area contributed by atoms with Gasteiger partial charge in [-0.25, -0.2) is 0 Å². The first kappa shape index (κ1) is 15.0. The average molecular weight is 278 g/mol. The zero-order valence-electron chi connectivity index (χ0n) is 11.7. The van der Waals surface area contributed by atoms with Crippen LogP contribution in [0.2, 0.25) is 0 Å². The van der Waals surface area contributed by atoms with Crippen LogP contribution >= 0.6 is 0 Å². The lowest BCUT2D eigenvalue weighted by atomic mass is 9.96. The quantitative estimate of drug-likeness (QED) is 0.719. The van der Waals surface area contributed by atoms with Crippen molar-refractivity contribution in [2.75, 3.05) is 13.2 Å². The first-order chi connectivity index (χ1) is 9.51. The molecule has 20 heavy (non-hydrogen) atoms. The summed E-state index contributed by atoms with van der Waals surface area (Å²) in [6, 6.07) is 9.02. The monoisotopic (exact) mass is 278 g/mol. The predicted octanol–water partition coefficient (Wildman–Crippen LogP) is 0.213. The normalized spacial score (nSPS) is 27.2. The Balaban J connectivity index is 1.82. The highest BCUT2D eigenvalue weighted by atomic mass is 16.5. The second-order valence-electron chi connectivity index (χ2n) is 5.38. The molecule has 0 saturated carbocycles. The highest BCUT2D eigenvalue weighted by Crippen LogP contribution is 2.24. The van der Waals surface area contributed by atoms with Gasteiger partial charge in [0.2, 0.25) is 5.91 Å². The van der Waals surface area contributed by atoms with Crippen LogP contribution in [0.15, 0.2) is 30.3 Å². The molecule has 1 heterocycles. The number of nitrogens with one attached hydrogen (secondary N) is 1. The molecule has 1 saturated heterocycles. The fourth-order valence-electron chi connectivity index (χ4n) is 2.33. The van der Waals surface area contributed by atoms with E-state index in [4.69, 9.17) is 10.5 Å². The number of amides is 1. The van der Waals surface area contributed by atoms with Gasteiger partial charge in [-0.3, -0.25) is 4.79 Å². The molecule has 3 atom stereocenters. The van der Waals surface area contributed by atoms with Crippen molar-refractivity contribution in [3.05, 3.63) is 35.9 Å². The summed E-state index contributed by atoms with van der Waals surface area (Å²) in [4.78, 5) is 12.0.